The van der Waals surface area contributed by atoms with E-state index in [4.69, 9.17) is 4.42 Å². The molecule has 1 aromatic heterocycles. The first-order valence-corrected chi connectivity index (χ1v) is 10.1. The first-order chi connectivity index (χ1) is 10.2. The van der Waals surface area contributed by atoms with Gasteiger partial charge in [-0.05, 0) is 32.5 Å². The number of sulfonamides is 1. The fourth-order valence-corrected chi connectivity index (χ4v) is 4.79. The molecule has 2 rings (SSSR count). The molecule has 0 saturated carbocycles. The summed E-state index contributed by atoms with van der Waals surface area (Å²) in [6, 6.07) is 2.06. The van der Waals surface area contributed by atoms with Crippen LogP contribution in [0.1, 0.15) is 23.9 Å². The molecule has 0 spiro atoms. The largest absolute Gasteiger partial charge is 0.438 e. The molecule has 1 aromatic rings. The SMILES string of the molecule is CCN(C(=O)c1ccc(S(=O)(=O)NC)o1)C1CCS(=O)(=O)C1. The summed E-state index contributed by atoms with van der Waals surface area (Å²) in [6.45, 7) is 2.05. The minimum Gasteiger partial charge on any atom is -0.438 e. The Morgan fingerprint density at radius 3 is 2.64 bits per heavy atom. The quantitative estimate of drug-likeness (QED) is 0.789. The standard InChI is InChI=1S/C12H18N2O6S2/c1-3-14(9-6-7-21(16,17)8-9)12(15)10-4-5-11(20-10)22(18,19)13-2/h4-5,9,13H,3,6-8H2,1-2H3. The van der Waals surface area contributed by atoms with E-state index in [1.807, 2.05) is 0 Å². The molecule has 1 atom stereocenters. The van der Waals surface area contributed by atoms with Gasteiger partial charge in [-0.15, -0.1) is 0 Å². The molecule has 124 valence electrons. The smallest absolute Gasteiger partial charge is 0.289 e. The summed E-state index contributed by atoms with van der Waals surface area (Å²) in [5, 5.41) is -0.353. The van der Waals surface area contributed by atoms with Crippen molar-refractivity contribution in [3.63, 3.8) is 0 Å². The van der Waals surface area contributed by atoms with Crippen molar-refractivity contribution in [2.24, 2.45) is 0 Å². The summed E-state index contributed by atoms with van der Waals surface area (Å²) in [7, 11) is -5.65. The topological polar surface area (TPSA) is 114 Å². The second-order valence-corrected chi connectivity index (χ2v) is 9.02. The van der Waals surface area contributed by atoms with Crippen LogP contribution in [0.3, 0.4) is 0 Å². The van der Waals surface area contributed by atoms with Crippen LogP contribution in [-0.2, 0) is 19.9 Å². The molecule has 1 amide bonds. The molecule has 1 aliphatic heterocycles. The van der Waals surface area contributed by atoms with Crippen LogP contribution in [0, 0.1) is 0 Å². The Morgan fingerprint density at radius 2 is 2.14 bits per heavy atom. The van der Waals surface area contributed by atoms with Crippen molar-refractivity contribution in [2.45, 2.75) is 24.5 Å². The van der Waals surface area contributed by atoms with Crippen LogP contribution in [-0.4, -0.2) is 58.8 Å². The Kier molecular flexibility index (Phi) is 4.64. The zero-order valence-electron chi connectivity index (χ0n) is 12.3. The van der Waals surface area contributed by atoms with E-state index in [1.165, 1.54) is 24.1 Å². The average Bonchev–Trinajstić information content (AvgIpc) is 3.07. The number of sulfone groups is 1. The van der Waals surface area contributed by atoms with E-state index in [0.717, 1.165) is 0 Å². The lowest BCUT2D eigenvalue weighted by Crippen LogP contribution is -2.40. The molecule has 1 N–H and O–H groups in total. The first kappa shape index (κ1) is 17.0. The van der Waals surface area contributed by atoms with Crippen molar-refractivity contribution < 1.29 is 26.0 Å². The van der Waals surface area contributed by atoms with Gasteiger partial charge >= 0.3 is 0 Å². The van der Waals surface area contributed by atoms with Crippen LogP contribution >= 0.6 is 0 Å². The molecular formula is C12H18N2O6S2. The summed E-state index contributed by atoms with van der Waals surface area (Å²) in [5.74, 6) is -0.657. The van der Waals surface area contributed by atoms with Gasteiger partial charge in [0.15, 0.2) is 15.6 Å². The van der Waals surface area contributed by atoms with Crippen LogP contribution in [0.15, 0.2) is 21.6 Å². The van der Waals surface area contributed by atoms with Gasteiger partial charge in [-0.25, -0.2) is 21.6 Å². The van der Waals surface area contributed by atoms with Crippen molar-refractivity contribution in [3.05, 3.63) is 17.9 Å². The summed E-state index contributed by atoms with van der Waals surface area (Å²) in [5.41, 5.74) is 0. The molecule has 22 heavy (non-hydrogen) atoms. The number of nitrogens with zero attached hydrogens (tertiary/aromatic N) is 1. The highest BCUT2D eigenvalue weighted by atomic mass is 32.2. The van der Waals surface area contributed by atoms with Gasteiger partial charge in [0, 0.05) is 12.6 Å². The van der Waals surface area contributed by atoms with Crippen molar-refractivity contribution in [1.82, 2.24) is 9.62 Å². The fraction of sp³-hybridized carbons (Fsp3) is 0.583. The highest BCUT2D eigenvalue weighted by Crippen LogP contribution is 2.21. The summed E-state index contributed by atoms with van der Waals surface area (Å²) in [4.78, 5) is 13.8. The number of nitrogens with one attached hydrogen (secondary N) is 1. The maximum absolute atomic E-state index is 12.4. The van der Waals surface area contributed by atoms with E-state index in [1.54, 1.807) is 6.92 Å². The molecule has 0 bridgehead atoms. The maximum Gasteiger partial charge on any atom is 0.289 e. The molecule has 8 nitrogen and oxygen atoms in total. The third-order valence-electron chi connectivity index (χ3n) is 3.58. The molecule has 1 saturated heterocycles. The van der Waals surface area contributed by atoms with Crippen molar-refractivity contribution in [1.29, 1.82) is 0 Å². The Labute approximate surface area is 129 Å². The Morgan fingerprint density at radius 1 is 1.45 bits per heavy atom. The van der Waals surface area contributed by atoms with E-state index < -0.39 is 31.8 Å². The van der Waals surface area contributed by atoms with Crippen LogP contribution in [0.2, 0.25) is 0 Å². The molecule has 0 aromatic carbocycles. The van der Waals surface area contributed by atoms with E-state index in [2.05, 4.69) is 4.72 Å². The average molecular weight is 350 g/mol. The lowest BCUT2D eigenvalue weighted by molar-refractivity contribution is 0.0670. The minimum atomic E-state index is -3.76. The molecular weight excluding hydrogens is 332 g/mol. The van der Waals surface area contributed by atoms with Crippen LogP contribution in [0.25, 0.3) is 0 Å². The number of furan rings is 1. The fourth-order valence-electron chi connectivity index (χ4n) is 2.41. The van der Waals surface area contributed by atoms with Gasteiger partial charge in [-0.3, -0.25) is 4.79 Å². The second kappa shape index (κ2) is 6.01. The molecule has 0 aliphatic carbocycles. The number of hydrogen-bond donors (Lipinski definition) is 1. The Hall–Kier alpha value is -1.39. The second-order valence-electron chi connectivity index (χ2n) is 4.97. The first-order valence-electron chi connectivity index (χ1n) is 6.75. The zero-order chi connectivity index (χ0) is 16.5. The predicted molar refractivity (Wildman–Crippen MR) is 78.7 cm³/mol. The highest BCUT2D eigenvalue weighted by molar-refractivity contribution is 7.91. The van der Waals surface area contributed by atoms with Gasteiger partial charge in [0.05, 0.1) is 11.5 Å². The van der Waals surface area contributed by atoms with Gasteiger partial charge < -0.3 is 9.32 Å². The number of rotatable bonds is 5. The van der Waals surface area contributed by atoms with E-state index in [0.29, 0.717) is 13.0 Å². The van der Waals surface area contributed by atoms with Crippen molar-refractivity contribution in [3.8, 4) is 0 Å². The summed E-state index contributed by atoms with van der Waals surface area (Å²) in [6.07, 6.45) is 0.379. The van der Waals surface area contributed by atoms with Crippen molar-refractivity contribution in [2.75, 3.05) is 25.1 Å². The predicted octanol–water partition coefficient (Wildman–Crippen LogP) is -0.163. The third kappa shape index (κ3) is 3.33. The summed E-state index contributed by atoms with van der Waals surface area (Å²) >= 11 is 0. The molecule has 1 fully saturated rings. The molecule has 2 heterocycles. The van der Waals surface area contributed by atoms with Gasteiger partial charge in [0.2, 0.25) is 5.09 Å². The zero-order valence-corrected chi connectivity index (χ0v) is 13.9. The van der Waals surface area contributed by atoms with E-state index in [-0.39, 0.29) is 22.4 Å². The molecule has 0 radical (unpaired) electrons. The number of amides is 1. The van der Waals surface area contributed by atoms with Gasteiger partial charge in [-0.2, -0.15) is 0 Å². The number of carbonyl (C=O) groups excluding carboxylic acids is 1. The van der Waals surface area contributed by atoms with Gasteiger partial charge in [0.25, 0.3) is 15.9 Å². The van der Waals surface area contributed by atoms with Crippen LogP contribution in [0.4, 0.5) is 0 Å². The van der Waals surface area contributed by atoms with Gasteiger partial charge in [0.1, 0.15) is 0 Å². The van der Waals surface area contributed by atoms with E-state index >= 15 is 0 Å². The number of carbonyl (C=O) groups is 1. The Balaban J connectivity index is 2.23. The lowest BCUT2D eigenvalue weighted by atomic mass is 10.2. The van der Waals surface area contributed by atoms with Crippen LogP contribution < -0.4 is 4.72 Å². The number of hydrogen-bond acceptors (Lipinski definition) is 6. The Bertz CT molecular complexity index is 765. The van der Waals surface area contributed by atoms with E-state index in [9.17, 15) is 21.6 Å². The molecule has 1 unspecified atom stereocenters. The molecule has 10 heteroatoms. The minimum absolute atomic E-state index is 0.0545. The van der Waals surface area contributed by atoms with Crippen molar-refractivity contribution >= 4 is 25.8 Å². The normalized spacial score (nSPS) is 20.9. The maximum atomic E-state index is 12.4. The van der Waals surface area contributed by atoms with Gasteiger partial charge in [-0.1, -0.05) is 0 Å². The van der Waals surface area contributed by atoms with Crippen LogP contribution in [0.5, 0.6) is 0 Å². The highest BCUT2D eigenvalue weighted by Gasteiger charge is 2.35. The molecule has 1 aliphatic rings. The lowest BCUT2D eigenvalue weighted by Gasteiger charge is -2.25. The summed E-state index contributed by atoms with van der Waals surface area (Å²) < 4.78 is 53.5. The third-order valence-corrected chi connectivity index (χ3v) is 6.61. The monoisotopic (exact) mass is 350 g/mol.